The van der Waals surface area contributed by atoms with Gasteiger partial charge in [0.1, 0.15) is 17.5 Å². The molecule has 2 aliphatic heterocycles. The molecule has 0 bridgehead atoms. The summed E-state index contributed by atoms with van der Waals surface area (Å²) in [5.74, 6) is -0.356. The summed E-state index contributed by atoms with van der Waals surface area (Å²) in [7, 11) is -4.08. The largest absolute Gasteiger partial charge is 0.521 e. The Morgan fingerprint density at radius 2 is 2.06 bits per heavy atom. The zero-order valence-electron chi connectivity index (χ0n) is 18.7. The Morgan fingerprint density at radius 1 is 1.38 bits per heavy atom. The number of rotatable bonds is 7. The van der Waals surface area contributed by atoms with Gasteiger partial charge in [0.05, 0.1) is 33.6 Å². The number of nitrogens with one attached hydrogen (secondary N) is 2. The maximum Gasteiger partial charge on any atom is 0.521 e. The molecular weight excluding hydrogens is 524 g/mol. The van der Waals surface area contributed by atoms with Crippen LogP contribution in [-0.2, 0) is 14.8 Å². The lowest BCUT2D eigenvalue weighted by molar-refractivity contribution is -0.793. The van der Waals surface area contributed by atoms with Crippen LogP contribution in [0.2, 0.25) is 5.02 Å². The van der Waals surface area contributed by atoms with Crippen LogP contribution in [-0.4, -0.2) is 71.4 Å². The molecule has 1 aromatic rings. The van der Waals surface area contributed by atoms with Crippen molar-refractivity contribution in [3.63, 3.8) is 0 Å². The fourth-order valence-corrected chi connectivity index (χ4v) is 7.15. The zero-order chi connectivity index (χ0) is 25.4. The average Bonchev–Trinajstić information content (AvgIpc) is 3.08. The highest BCUT2D eigenvalue weighted by atomic mass is 35.5. The van der Waals surface area contributed by atoms with Gasteiger partial charge < -0.3 is 15.7 Å². The second-order valence-electron chi connectivity index (χ2n) is 8.67. The first-order chi connectivity index (χ1) is 15.8. The molecule has 3 amide bonds. The Kier molecular flexibility index (Phi) is 8.15. The number of likely N-dealkylation sites (tertiary alicyclic amines) is 1. The average molecular weight is 552 g/mol. The lowest BCUT2D eigenvalue weighted by Gasteiger charge is -2.31. The van der Waals surface area contributed by atoms with E-state index in [9.17, 15) is 27.9 Å². The Labute approximate surface area is 213 Å². The van der Waals surface area contributed by atoms with Crippen LogP contribution in [0, 0.1) is 5.92 Å². The molecule has 0 spiro atoms. The number of imide groups is 1. The van der Waals surface area contributed by atoms with Crippen LogP contribution in [0.25, 0.3) is 0 Å². The minimum Gasteiger partial charge on any atom is -0.435 e. The second kappa shape index (κ2) is 10.2. The van der Waals surface area contributed by atoms with Gasteiger partial charge in [0.2, 0.25) is 10.0 Å². The zero-order valence-corrected chi connectivity index (χ0v) is 21.9. The molecule has 2 aliphatic rings. The standard InChI is InChI=1S/C20H27ClN4O6S3/c1-10(9-32)19(27)25(20(28)29)8-12(5-11(25)2)33-4-3-17-23-15-7-14(21)16(34(22,30)31)6-13(15)18(26)24-17/h6-7,10-12,17,23H,3-5,8-9H2,1-2H3,(H4-,22,24,26,28,29,30,31,32)/p+1/t10?,11?,12-,17?,25-/m0/s1. The maximum absolute atomic E-state index is 12.9. The molecule has 188 valence electrons. The van der Waals surface area contributed by atoms with Crippen LogP contribution >= 0.6 is 36.0 Å². The lowest BCUT2D eigenvalue weighted by Crippen LogP contribution is -2.60. The van der Waals surface area contributed by atoms with Gasteiger partial charge in [-0.3, -0.25) is 4.79 Å². The fourth-order valence-electron chi connectivity index (χ4n) is 4.43. The summed E-state index contributed by atoms with van der Waals surface area (Å²) < 4.78 is 22.7. The molecule has 2 heterocycles. The number of thioether (sulfide) groups is 1. The predicted octanol–water partition coefficient (Wildman–Crippen LogP) is 2.34. The van der Waals surface area contributed by atoms with Gasteiger partial charge in [-0.15, -0.1) is 0 Å². The number of anilines is 1. The first kappa shape index (κ1) is 27.1. The van der Waals surface area contributed by atoms with Crippen molar-refractivity contribution in [2.24, 2.45) is 11.1 Å². The van der Waals surface area contributed by atoms with E-state index >= 15 is 0 Å². The van der Waals surface area contributed by atoms with E-state index in [1.165, 1.54) is 6.07 Å². The number of thiol groups is 1. The number of carboxylic acid groups (broad SMARTS) is 1. The van der Waals surface area contributed by atoms with Crippen molar-refractivity contribution in [2.45, 2.75) is 49.0 Å². The van der Waals surface area contributed by atoms with Crippen LogP contribution < -0.4 is 15.8 Å². The van der Waals surface area contributed by atoms with Crippen molar-refractivity contribution in [3.8, 4) is 0 Å². The third kappa shape index (κ3) is 5.19. The van der Waals surface area contributed by atoms with Gasteiger partial charge in [-0.2, -0.15) is 33.7 Å². The molecule has 5 N–H and O–H groups in total. The van der Waals surface area contributed by atoms with Gasteiger partial charge in [-0.05, 0) is 38.2 Å². The predicted molar refractivity (Wildman–Crippen MR) is 134 cm³/mol. The van der Waals surface area contributed by atoms with E-state index in [0.717, 1.165) is 6.07 Å². The molecule has 0 aliphatic carbocycles. The molecule has 14 heteroatoms. The molecule has 34 heavy (non-hydrogen) atoms. The Balaban J connectivity index is 1.64. The number of hydrogen-bond acceptors (Lipinski definition) is 8. The van der Waals surface area contributed by atoms with Gasteiger partial charge >= 0.3 is 12.0 Å². The fraction of sp³-hybridized carbons (Fsp3) is 0.550. The van der Waals surface area contributed by atoms with E-state index in [1.807, 2.05) is 0 Å². The molecule has 1 fully saturated rings. The molecule has 10 nitrogen and oxygen atoms in total. The van der Waals surface area contributed by atoms with Crippen LogP contribution in [0.15, 0.2) is 17.0 Å². The molecule has 3 unspecified atom stereocenters. The van der Waals surface area contributed by atoms with Gasteiger partial charge in [0, 0.05) is 12.2 Å². The van der Waals surface area contributed by atoms with Crippen molar-refractivity contribution in [1.82, 2.24) is 5.32 Å². The summed E-state index contributed by atoms with van der Waals surface area (Å²) in [6, 6.07) is 2.16. The number of fused-ring (bicyclic) bond motifs is 1. The van der Waals surface area contributed by atoms with Crippen molar-refractivity contribution in [1.29, 1.82) is 0 Å². The quantitative estimate of drug-likeness (QED) is 0.255. The van der Waals surface area contributed by atoms with Crippen molar-refractivity contribution in [3.05, 3.63) is 22.7 Å². The normalized spacial score (nSPS) is 27.4. The van der Waals surface area contributed by atoms with Gasteiger partial charge in [-0.1, -0.05) is 11.6 Å². The summed E-state index contributed by atoms with van der Waals surface area (Å²) in [6.45, 7) is 3.69. The highest BCUT2D eigenvalue weighted by Gasteiger charge is 2.57. The number of sulfonamides is 1. The van der Waals surface area contributed by atoms with E-state index in [1.54, 1.807) is 25.6 Å². The summed E-state index contributed by atoms with van der Waals surface area (Å²) in [4.78, 5) is 37.2. The van der Waals surface area contributed by atoms with E-state index in [2.05, 4.69) is 23.3 Å². The molecule has 1 aromatic carbocycles. The Hall–Kier alpha value is -1.51. The first-order valence-corrected chi connectivity index (χ1v) is 14.2. The van der Waals surface area contributed by atoms with Crippen LogP contribution in [0.1, 0.15) is 37.0 Å². The van der Waals surface area contributed by atoms with Crippen molar-refractivity contribution >= 4 is 69.6 Å². The summed E-state index contributed by atoms with van der Waals surface area (Å²) in [5.41, 5.74) is 0.529. The maximum atomic E-state index is 12.9. The summed E-state index contributed by atoms with van der Waals surface area (Å²) in [6.07, 6.45) is -0.458. The minimum absolute atomic E-state index is 0.0273. The molecule has 3 rings (SSSR count). The highest BCUT2D eigenvalue weighted by molar-refractivity contribution is 7.99. The molecule has 5 atom stereocenters. The molecule has 0 aromatic heterocycles. The number of nitrogens with two attached hydrogens (primary N) is 1. The number of halogens is 1. The summed E-state index contributed by atoms with van der Waals surface area (Å²) in [5, 5.41) is 20.9. The molecule has 0 radical (unpaired) electrons. The molecular formula is C20H28ClN4O6S3+. The molecule has 1 saturated heterocycles. The van der Waals surface area contributed by atoms with Gasteiger partial charge in [0.25, 0.3) is 5.91 Å². The number of nitrogens with zero attached hydrogens (tertiary/aromatic N) is 1. The van der Waals surface area contributed by atoms with Crippen molar-refractivity contribution < 1.29 is 32.4 Å². The third-order valence-corrected chi connectivity index (χ3v) is 9.50. The smallest absolute Gasteiger partial charge is 0.435 e. The number of primary sulfonamides is 1. The van der Waals surface area contributed by atoms with Gasteiger partial charge in [-0.25, -0.2) is 18.4 Å². The van der Waals surface area contributed by atoms with Crippen LogP contribution in [0.4, 0.5) is 10.5 Å². The number of amides is 3. The van der Waals surface area contributed by atoms with E-state index < -0.39 is 38.6 Å². The summed E-state index contributed by atoms with van der Waals surface area (Å²) >= 11 is 11.8. The van der Waals surface area contributed by atoms with E-state index in [-0.39, 0.29) is 45.0 Å². The number of carbonyl (C=O) groups excluding carboxylic acids is 2. The molecule has 0 saturated carbocycles. The Morgan fingerprint density at radius 3 is 2.65 bits per heavy atom. The number of hydrogen-bond donors (Lipinski definition) is 5. The van der Waals surface area contributed by atoms with Crippen LogP contribution in [0.3, 0.4) is 0 Å². The number of quaternary nitrogens is 1. The van der Waals surface area contributed by atoms with E-state index in [0.29, 0.717) is 24.3 Å². The minimum atomic E-state index is -4.08. The third-order valence-electron chi connectivity index (χ3n) is 6.30. The SMILES string of the molecule is CC(CS)C(=O)[N@+]1(C(=O)O)C[C@@H](SCCC2NC(=O)c3cc(S(N)(=O)=O)c(Cl)cc3N2)CC1C. The monoisotopic (exact) mass is 551 g/mol. The lowest BCUT2D eigenvalue weighted by atomic mass is 10.1. The highest BCUT2D eigenvalue weighted by Crippen LogP contribution is 2.37. The van der Waals surface area contributed by atoms with Gasteiger partial charge in [0.15, 0.2) is 0 Å². The number of benzene rings is 1. The topological polar surface area (TPSA) is 156 Å². The van der Waals surface area contributed by atoms with Crippen LogP contribution in [0.5, 0.6) is 0 Å². The van der Waals surface area contributed by atoms with Crippen molar-refractivity contribution in [2.75, 3.05) is 23.4 Å². The second-order valence-corrected chi connectivity index (χ2v) is 12.4. The Bertz CT molecular complexity index is 1120. The van der Waals surface area contributed by atoms with E-state index in [4.69, 9.17) is 16.7 Å². The number of carbonyl (C=O) groups is 3. The first-order valence-electron chi connectivity index (χ1n) is 10.6.